The fourth-order valence-corrected chi connectivity index (χ4v) is 5.46. The summed E-state index contributed by atoms with van der Waals surface area (Å²) in [5.74, 6) is 1.78. The molecule has 0 amide bonds. The first-order chi connectivity index (χ1) is 6.78. The van der Waals surface area contributed by atoms with Crippen molar-refractivity contribution >= 4 is 9.28 Å². The van der Waals surface area contributed by atoms with Gasteiger partial charge in [-0.15, -0.1) is 0 Å². The van der Waals surface area contributed by atoms with Crippen LogP contribution in [0.25, 0.3) is 0 Å². The normalized spacial score (nSPS) is 32.8. The third-order valence-corrected chi connectivity index (χ3v) is 6.29. The van der Waals surface area contributed by atoms with Crippen LogP contribution in [0, 0.1) is 11.8 Å². The molecule has 0 bridgehead atoms. The SMILES string of the molecule is CCC1CCC([SiH](OC)OC)C1CC. The van der Waals surface area contributed by atoms with E-state index in [0.29, 0.717) is 0 Å². The molecule has 1 fully saturated rings. The zero-order chi connectivity index (χ0) is 10.6. The van der Waals surface area contributed by atoms with Gasteiger partial charge in [0.1, 0.15) is 0 Å². The quantitative estimate of drug-likeness (QED) is 0.658. The smallest absolute Gasteiger partial charge is 0.324 e. The van der Waals surface area contributed by atoms with Crippen molar-refractivity contribution in [1.82, 2.24) is 0 Å². The van der Waals surface area contributed by atoms with Gasteiger partial charge in [0, 0.05) is 19.8 Å². The first kappa shape index (κ1) is 12.2. The predicted octanol–water partition coefficient (Wildman–Crippen LogP) is 2.72. The summed E-state index contributed by atoms with van der Waals surface area (Å²) in [4.78, 5) is 0. The third kappa shape index (κ3) is 2.38. The lowest BCUT2D eigenvalue weighted by Gasteiger charge is -2.26. The van der Waals surface area contributed by atoms with E-state index in [-0.39, 0.29) is 0 Å². The summed E-state index contributed by atoms with van der Waals surface area (Å²) in [5, 5.41) is 0. The number of hydrogen-bond acceptors (Lipinski definition) is 2. The van der Waals surface area contributed by atoms with Crippen molar-refractivity contribution in [3.63, 3.8) is 0 Å². The van der Waals surface area contributed by atoms with Crippen molar-refractivity contribution in [2.75, 3.05) is 14.2 Å². The summed E-state index contributed by atoms with van der Waals surface area (Å²) >= 11 is 0. The van der Waals surface area contributed by atoms with Gasteiger partial charge >= 0.3 is 9.28 Å². The molecule has 3 unspecified atom stereocenters. The van der Waals surface area contributed by atoms with Crippen LogP contribution in [0.2, 0.25) is 5.54 Å². The van der Waals surface area contributed by atoms with Crippen molar-refractivity contribution in [1.29, 1.82) is 0 Å². The highest BCUT2D eigenvalue weighted by Gasteiger charge is 2.40. The molecular weight excluding hydrogens is 192 g/mol. The van der Waals surface area contributed by atoms with Gasteiger partial charge in [0.25, 0.3) is 0 Å². The van der Waals surface area contributed by atoms with E-state index >= 15 is 0 Å². The van der Waals surface area contributed by atoms with Crippen LogP contribution in [0.4, 0.5) is 0 Å². The van der Waals surface area contributed by atoms with E-state index in [1.165, 1.54) is 25.7 Å². The first-order valence-corrected chi connectivity index (χ1v) is 7.44. The largest absolute Gasteiger partial charge is 0.400 e. The van der Waals surface area contributed by atoms with Gasteiger partial charge in [-0.25, -0.2) is 0 Å². The average Bonchev–Trinajstić information content (AvgIpc) is 2.62. The Labute approximate surface area is 89.8 Å². The molecule has 0 heterocycles. The second-order valence-electron chi connectivity index (χ2n) is 4.32. The van der Waals surface area contributed by atoms with E-state index < -0.39 is 9.28 Å². The molecule has 3 heteroatoms. The van der Waals surface area contributed by atoms with Gasteiger partial charge in [0.15, 0.2) is 0 Å². The van der Waals surface area contributed by atoms with Crippen molar-refractivity contribution in [2.45, 2.75) is 45.1 Å². The highest BCUT2D eigenvalue weighted by atomic mass is 28.3. The van der Waals surface area contributed by atoms with Gasteiger partial charge in [-0.2, -0.15) is 0 Å². The first-order valence-electron chi connectivity index (χ1n) is 5.84. The van der Waals surface area contributed by atoms with Crippen LogP contribution < -0.4 is 0 Å². The second-order valence-corrected chi connectivity index (χ2v) is 6.86. The number of hydrogen-bond donors (Lipinski definition) is 0. The lowest BCUT2D eigenvalue weighted by Crippen LogP contribution is -2.29. The summed E-state index contributed by atoms with van der Waals surface area (Å²) in [6, 6.07) is 0. The Hall–Kier alpha value is 0.137. The van der Waals surface area contributed by atoms with Crippen LogP contribution in [-0.4, -0.2) is 23.5 Å². The van der Waals surface area contributed by atoms with Crippen LogP contribution in [0.1, 0.15) is 39.5 Å². The molecule has 2 nitrogen and oxygen atoms in total. The highest BCUT2D eigenvalue weighted by Crippen LogP contribution is 2.46. The molecule has 0 radical (unpaired) electrons. The molecule has 0 spiro atoms. The molecule has 1 aliphatic carbocycles. The summed E-state index contributed by atoms with van der Waals surface area (Å²) in [6.07, 6.45) is 5.33. The van der Waals surface area contributed by atoms with Crippen LogP contribution in [-0.2, 0) is 8.85 Å². The Kier molecular flexibility index (Phi) is 5.13. The third-order valence-electron chi connectivity index (χ3n) is 3.84. The number of rotatable bonds is 5. The van der Waals surface area contributed by atoms with Gasteiger partial charge in [-0.3, -0.25) is 0 Å². The van der Waals surface area contributed by atoms with E-state index in [0.717, 1.165) is 17.4 Å². The maximum Gasteiger partial charge on any atom is 0.324 e. The van der Waals surface area contributed by atoms with Gasteiger partial charge in [-0.1, -0.05) is 33.1 Å². The Morgan fingerprint density at radius 3 is 2.14 bits per heavy atom. The molecule has 0 saturated heterocycles. The van der Waals surface area contributed by atoms with Crippen molar-refractivity contribution in [2.24, 2.45) is 11.8 Å². The molecule has 0 aromatic carbocycles. The van der Waals surface area contributed by atoms with Crippen molar-refractivity contribution in [3.8, 4) is 0 Å². The minimum absolute atomic E-state index is 0.750. The molecule has 1 rings (SSSR count). The molecule has 14 heavy (non-hydrogen) atoms. The summed E-state index contributed by atoms with van der Waals surface area (Å²) in [6.45, 7) is 4.62. The Balaban J connectivity index is 2.60. The molecule has 0 N–H and O–H groups in total. The van der Waals surface area contributed by atoms with E-state index in [1.807, 2.05) is 14.2 Å². The van der Waals surface area contributed by atoms with Crippen LogP contribution >= 0.6 is 0 Å². The predicted molar refractivity (Wildman–Crippen MR) is 61.7 cm³/mol. The van der Waals surface area contributed by atoms with E-state index in [2.05, 4.69) is 13.8 Å². The zero-order valence-electron chi connectivity index (χ0n) is 9.95. The maximum atomic E-state index is 5.52. The summed E-state index contributed by atoms with van der Waals surface area (Å²) in [5.41, 5.74) is 0.750. The van der Waals surface area contributed by atoms with Crippen molar-refractivity contribution in [3.05, 3.63) is 0 Å². The fraction of sp³-hybridized carbons (Fsp3) is 1.00. The molecule has 0 aromatic rings. The monoisotopic (exact) mass is 216 g/mol. The molecule has 1 saturated carbocycles. The van der Waals surface area contributed by atoms with Gasteiger partial charge < -0.3 is 8.85 Å². The highest BCUT2D eigenvalue weighted by molar-refractivity contribution is 6.46. The van der Waals surface area contributed by atoms with Crippen molar-refractivity contribution < 1.29 is 8.85 Å². The molecular formula is C11H24O2Si. The van der Waals surface area contributed by atoms with Crippen LogP contribution in [0.3, 0.4) is 0 Å². The molecule has 0 aliphatic heterocycles. The Bertz CT molecular complexity index is 159. The second kappa shape index (κ2) is 5.88. The van der Waals surface area contributed by atoms with Gasteiger partial charge in [0.2, 0.25) is 0 Å². The van der Waals surface area contributed by atoms with Gasteiger partial charge in [-0.05, 0) is 18.3 Å². The molecule has 84 valence electrons. The van der Waals surface area contributed by atoms with Crippen LogP contribution in [0.15, 0.2) is 0 Å². The molecule has 0 aromatic heterocycles. The topological polar surface area (TPSA) is 18.5 Å². The summed E-state index contributed by atoms with van der Waals surface area (Å²) in [7, 11) is 2.25. The zero-order valence-corrected chi connectivity index (χ0v) is 11.1. The van der Waals surface area contributed by atoms with Crippen LogP contribution in [0.5, 0.6) is 0 Å². The molecule has 3 atom stereocenters. The standard InChI is InChI=1S/C11H24O2Si/c1-5-9-7-8-11(10(9)6-2)14(12-3)13-4/h9-11,14H,5-8H2,1-4H3. The lowest BCUT2D eigenvalue weighted by molar-refractivity contribution is 0.245. The Morgan fingerprint density at radius 1 is 1.07 bits per heavy atom. The molecule has 1 aliphatic rings. The maximum absolute atomic E-state index is 5.52. The van der Waals surface area contributed by atoms with E-state index in [4.69, 9.17) is 8.85 Å². The minimum Gasteiger partial charge on any atom is -0.400 e. The average molecular weight is 216 g/mol. The van der Waals surface area contributed by atoms with Gasteiger partial charge in [0.05, 0.1) is 0 Å². The Morgan fingerprint density at radius 2 is 1.71 bits per heavy atom. The minimum atomic E-state index is -1.37. The summed E-state index contributed by atoms with van der Waals surface area (Å²) < 4.78 is 11.0. The van der Waals surface area contributed by atoms with E-state index in [1.54, 1.807) is 0 Å². The lowest BCUT2D eigenvalue weighted by atomic mass is 9.91. The van der Waals surface area contributed by atoms with E-state index in [9.17, 15) is 0 Å². The fourth-order valence-electron chi connectivity index (χ4n) is 3.11.